The molecule has 2 saturated heterocycles. The average Bonchev–Trinajstić information content (AvgIpc) is 0.761. The molecule has 696 valence electrons. The fourth-order valence-corrected chi connectivity index (χ4v) is 15.4. The molecule has 0 spiro atoms. The van der Waals surface area contributed by atoms with Crippen molar-refractivity contribution in [3.63, 3.8) is 0 Å². The van der Waals surface area contributed by atoms with E-state index < -0.39 is 289 Å². The minimum absolute atomic E-state index is 0. The number of ether oxygens (including phenoxy) is 7. The monoisotopic (exact) mass is 1860 g/mol. The molecule has 18 atom stereocenters. The third-order valence-electron chi connectivity index (χ3n) is 21.6. The molecule has 7 aliphatic heterocycles. The number of primary amides is 2. The minimum atomic E-state index is -5.21. The van der Waals surface area contributed by atoms with E-state index in [2.05, 4.69) is 52.6 Å². The summed E-state index contributed by atoms with van der Waals surface area (Å²) in [7, 11) is 1.44. The smallest absolute Gasteiger partial charge is 0.508 e. The van der Waals surface area contributed by atoms with Crippen molar-refractivity contribution in [2.45, 2.75) is 177 Å². The fourth-order valence-electron chi connectivity index (χ4n) is 15.0. The maximum Gasteiger partial charge on any atom is 0.573 e. The first kappa shape index (κ1) is 97.8. The van der Waals surface area contributed by atoms with Crippen molar-refractivity contribution in [1.29, 1.82) is 0 Å². The highest BCUT2D eigenvalue weighted by atomic mass is 35.5. The quantitative estimate of drug-likeness (QED) is 0.0314. The molecule has 46 heteroatoms. The minimum Gasteiger partial charge on any atom is -0.508 e. The number of anilines is 1. The van der Waals surface area contributed by atoms with Crippen LogP contribution in [0.2, 0.25) is 10.0 Å². The molecule has 40 nitrogen and oxygen atoms in total. The molecular formula is C84H91Cl2F4N13O27. The van der Waals surface area contributed by atoms with Crippen LogP contribution in [0.5, 0.6) is 51.7 Å². The molecular weight excluding hydrogens is 1770 g/mol. The lowest BCUT2D eigenvalue weighted by atomic mass is 9.84. The van der Waals surface area contributed by atoms with E-state index in [1.54, 1.807) is 38.3 Å². The molecule has 18 unspecified atom stereocenters. The van der Waals surface area contributed by atoms with Gasteiger partial charge in [0.15, 0.2) is 35.5 Å². The van der Waals surface area contributed by atoms with Crippen LogP contribution >= 0.6 is 23.2 Å². The number of aromatic hydroxyl groups is 3. The molecule has 7 aromatic carbocycles. The molecule has 130 heavy (non-hydrogen) atoms. The molecule has 11 bridgehead atoms. The highest BCUT2D eigenvalue weighted by Crippen LogP contribution is 2.50. The third kappa shape index (κ3) is 22.2. The van der Waals surface area contributed by atoms with E-state index in [1.807, 2.05) is 5.43 Å². The van der Waals surface area contributed by atoms with E-state index in [0.29, 0.717) is 23.8 Å². The molecule has 7 aliphatic rings. The van der Waals surface area contributed by atoms with Crippen LogP contribution in [0.25, 0.3) is 11.1 Å². The van der Waals surface area contributed by atoms with Crippen LogP contribution < -0.4 is 89.1 Å². The number of alkyl halides is 3. The number of aliphatic hydroxyl groups is 6. The van der Waals surface area contributed by atoms with E-state index in [0.717, 1.165) is 72.8 Å². The Bertz CT molecular complexity index is 5540. The van der Waals surface area contributed by atoms with E-state index in [1.165, 1.54) is 32.2 Å². The number of halogens is 6. The van der Waals surface area contributed by atoms with Gasteiger partial charge in [-0.3, -0.25) is 63.6 Å². The van der Waals surface area contributed by atoms with Crippen LogP contribution in [0.3, 0.4) is 0 Å². The summed E-state index contributed by atoms with van der Waals surface area (Å²) in [5.74, 6) is -23.7. The van der Waals surface area contributed by atoms with Crippen molar-refractivity contribution in [3.05, 3.63) is 176 Å². The number of benzene rings is 7. The Hall–Kier alpha value is -12.8. The number of fused-ring (bicyclic) bond motifs is 15. The van der Waals surface area contributed by atoms with Crippen molar-refractivity contribution in [3.8, 4) is 62.9 Å². The number of carbonyl (C=O) groups excluding carboxylic acids is 11. The number of likely N-dealkylation sites (N-methyl/N-ethyl adjacent to an activating group) is 1. The number of hydrogen-bond donors (Lipinski definition) is 22. The largest absolute Gasteiger partial charge is 0.573 e. The maximum atomic E-state index is 16.3. The lowest BCUT2D eigenvalue weighted by molar-refractivity contribution is -0.334. The number of hydrazine groups is 1. The third-order valence-corrected chi connectivity index (χ3v) is 22.2. The number of phenols is 3. The summed E-state index contributed by atoms with van der Waals surface area (Å²) in [5, 5.41) is 129. The van der Waals surface area contributed by atoms with Gasteiger partial charge in [0.2, 0.25) is 53.4 Å². The summed E-state index contributed by atoms with van der Waals surface area (Å²) in [6.07, 6.45) is -25.4. The summed E-state index contributed by atoms with van der Waals surface area (Å²) >= 11 is 14.3. The normalized spacial score (nSPS) is 25.3. The van der Waals surface area contributed by atoms with Gasteiger partial charge in [-0.2, -0.15) is 0 Å². The topological polar surface area (TPSA) is 619 Å². The SMILES string of the molecule is C.CNC(CC(C)C)C(=O)NC1C(=O)NC(CC(N)=O)C(=O)NC2C(=O)NC3C(=O)NC(C(=O)NC(C(=O)NNC(=O)C(N)=O)c4cc(O)cc(O)c4-c4cc3ccc4O)C(O)c3ccc(c(Cl)c3)Oc3cc2cc(c3OC2OC(CO)C(O)C(O)C2OC2CC(C)(NCc3ccc(NC(=O)c4ccc(OC(F)(F)F)c(F)c4)cc3)C(O)C(C)O2)Oc2ccc(cc2Cl)C1O. The highest BCUT2D eigenvalue weighted by molar-refractivity contribution is 6.34. The summed E-state index contributed by atoms with van der Waals surface area (Å²) in [6.45, 7) is 5.50. The van der Waals surface area contributed by atoms with E-state index in [9.17, 15) is 92.3 Å². The highest BCUT2D eigenvalue weighted by Gasteiger charge is 2.53. The van der Waals surface area contributed by atoms with Crippen LogP contribution in [0.15, 0.2) is 121 Å². The predicted octanol–water partition coefficient (Wildman–Crippen LogP) is 2.41. The van der Waals surface area contributed by atoms with Crippen LogP contribution in [0.4, 0.5) is 23.2 Å². The molecule has 24 N–H and O–H groups in total. The van der Waals surface area contributed by atoms with Crippen LogP contribution in [-0.4, -0.2) is 210 Å². The van der Waals surface area contributed by atoms with Crippen molar-refractivity contribution < 1.29 is 149 Å². The number of nitrogens with one attached hydrogen (secondary N) is 11. The van der Waals surface area contributed by atoms with E-state index >= 15 is 24.0 Å². The molecule has 7 aromatic rings. The van der Waals surface area contributed by atoms with Gasteiger partial charge in [0.1, 0.15) is 95.5 Å². The van der Waals surface area contributed by atoms with Crippen LogP contribution in [0, 0.1) is 11.7 Å². The molecule has 0 aliphatic carbocycles. The van der Waals surface area contributed by atoms with Gasteiger partial charge < -0.3 is 138 Å². The lowest BCUT2D eigenvalue weighted by Crippen LogP contribution is -2.65. The second-order valence-corrected chi connectivity index (χ2v) is 32.1. The molecule has 2 fully saturated rings. The van der Waals surface area contributed by atoms with Gasteiger partial charge in [-0.25, -0.2) is 4.39 Å². The van der Waals surface area contributed by atoms with E-state index in [4.69, 9.17) is 63.1 Å². The van der Waals surface area contributed by atoms with Crippen LogP contribution in [0.1, 0.15) is 128 Å². The van der Waals surface area contributed by atoms with Gasteiger partial charge in [0.25, 0.3) is 11.8 Å². The number of nitrogens with two attached hydrogens (primary N) is 2. The number of aliphatic hydroxyl groups excluding tert-OH is 6. The van der Waals surface area contributed by atoms with Gasteiger partial charge in [-0.05, 0) is 152 Å². The Labute approximate surface area is 745 Å². The summed E-state index contributed by atoms with van der Waals surface area (Å²) in [5.41, 5.74) is 9.93. The first-order chi connectivity index (χ1) is 60.9. The maximum absolute atomic E-state index is 16.3. The Kier molecular flexibility index (Phi) is 30.4. The van der Waals surface area contributed by atoms with Crippen molar-refractivity contribution >= 4 is 93.9 Å². The zero-order valence-electron chi connectivity index (χ0n) is 68.3. The van der Waals surface area contributed by atoms with Gasteiger partial charge in [-0.1, -0.05) is 74.8 Å². The summed E-state index contributed by atoms with van der Waals surface area (Å²) < 4.78 is 96.0. The second-order valence-electron chi connectivity index (χ2n) is 31.3. The Morgan fingerprint density at radius 1 is 0.685 bits per heavy atom. The van der Waals surface area contributed by atoms with Crippen molar-refractivity contribution in [2.24, 2.45) is 17.4 Å². The van der Waals surface area contributed by atoms with Gasteiger partial charge in [0.05, 0.1) is 41.3 Å². The number of rotatable bonds is 19. The standard InChI is InChI=1S/C83H87Cl2F4N13O27.CH4/c1-31(2)18-46(92-5)73(115)99-62-64(108)35-9-15-50(43(84)20-35)124-53-23-38-24-54(68(53)128-81-69(67(111)66(110)55(30-103)126-81)127-57-28-82(4,70(112)32(3)123-57)93-29-33-6-12-39(13-7-33)94-72(114)37-11-17-52(45(86)22-37)129-83(87,88)89)125-51-16-10-36(21-44(51)85)65(109)63-78(120)98-61(79(121)101-102-80(122)71(91)113)42-25-40(104)26-49(106)58(42)41-19-34(8-14-48(41)105)59(75(117)100-63)97-76(118)60(38)96-74(116)47(27-56(90)107)95-77(62)119;/h6-17,19-26,31-32,46-47,55,57,59-67,69-70,81,92-93,103-106,108-112H,18,27-30H2,1-5H3,(H2,90,107)(H2,91,113)(H,94,114)(H,95,119)(H,96,116)(H,97,118)(H,98,120)(H,99,115)(H,100,117)(H,101,121)(H,102,122);1H4. The number of amides is 11. The Balaban J connectivity index is 0.0000163. The number of phenolic OH excluding ortho intramolecular Hbond substituents is 3. The number of carbonyl (C=O) groups is 11. The van der Waals surface area contributed by atoms with Crippen molar-refractivity contribution in [1.82, 2.24) is 53.4 Å². The van der Waals surface area contributed by atoms with Gasteiger partial charge in [0, 0.05) is 46.9 Å². The molecule has 0 radical (unpaired) electrons. The lowest BCUT2D eigenvalue weighted by Gasteiger charge is -2.48. The van der Waals surface area contributed by atoms with Gasteiger partial charge >= 0.3 is 18.2 Å². The molecule has 0 saturated carbocycles. The zero-order valence-corrected chi connectivity index (χ0v) is 69.8. The Morgan fingerprint density at radius 3 is 1.91 bits per heavy atom. The average molecular weight is 1860 g/mol. The fraction of sp³-hybridized carbons (Fsp3) is 0.369. The summed E-state index contributed by atoms with van der Waals surface area (Å²) in [4.78, 5) is 157. The zero-order chi connectivity index (χ0) is 93.9. The molecule has 11 amide bonds. The first-order valence-electron chi connectivity index (χ1n) is 39.4. The molecule has 0 aromatic heterocycles. The molecule has 14 rings (SSSR count). The van der Waals surface area contributed by atoms with E-state index in [-0.39, 0.29) is 55.1 Å². The van der Waals surface area contributed by atoms with Gasteiger partial charge in [-0.15, -0.1) is 13.2 Å². The first-order valence-corrected chi connectivity index (χ1v) is 40.2. The van der Waals surface area contributed by atoms with Crippen molar-refractivity contribution in [2.75, 3.05) is 19.0 Å². The summed E-state index contributed by atoms with van der Waals surface area (Å²) in [6, 6.07) is 6.02. The number of hydrogen-bond acceptors (Lipinski definition) is 29. The Morgan fingerprint density at radius 2 is 1.31 bits per heavy atom. The predicted molar refractivity (Wildman–Crippen MR) is 444 cm³/mol. The second kappa shape index (κ2) is 40.5. The van der Waals surface area contributed by atoms with Crippen LogP contribution in [-0.2, 0) is 68.7 Å². The molecule has 7 heterocycles.